The van der Waals surface area contributed by atoms with Crippen molar-refractivity contribution in [1.29, 1.82) is 0 Å². The number of morpholine rings is 1. The third-order valence-corrected chi connectivity index (χ3v) is 4.97. The molecule has 0 bridgehead atoms. The van der Waals surface area contributed by atoms with E-state index < -0.39 is 0 Å². The van der Waals surface area contributed by atoms with Crippen molar-refractivity contribution in [3.63, 3.8) is 0 Å². The number of nitrogens with zero attached hydrogens (tertiary/aromatic N) is 2. The Kier molecular flexibility index (Phi) is 6.18. The molecule has 8 heteroatoms. The SMILES string of the molecule is COc1ccccc1CCN1C(=S)OC(=CC(=O)N2CCOCC2)C1=S. The van der Waals surface area contributed by atoms with Crippen LogP contribution in [-0.2, 0) is 20.7 Å². The second kappa shape index (κ2) is 8.57. The number of methoxy groups -OCH3 is 1. The van der Waals surface area contributed by atoms with Crippen LogP contribution in [0.3, 0.4) is 0 Å². The van der Waals surface area contributed by atoms with Crippen molar-refractivity contribution < 1.29 is 19.0 Å². The second-order valence-corrected chi connectivity index (χ2v) is 6.57. The zero-order valence-corrected chi connectivity index (χ0v) is 16.1. The monoisotopic (exact) mass is 392 g/mol. The zero-order chi connectivity index (χ0) is 18.5. The Morgan fingerprint density at radius 2 is 2.00 bits per heavy atom. The Morgan fingerprint density at radius 1 is 1.27 bits per heavy atom. The van der Waals surface area contributed by atoms with Gasteiger partial charge in [0.2, 0.25) is 0 Å². The maximum Gasteiger partial charge on any atom is 0.270 e. The van der Waals surface area contributed by atoms with E-state index in [4.69, 9.17) is 38.6 Å². The van der Waals surface area contributed by atoms with Crippen LogP contribution >= 0.6 is 24.4 Å². The number of carbonyl (C=O) groups excluding carboxylic acids is 1. The minimum Gasteiger partial charge on any atom is -0.496 e. The van der Waals surface area contributed by atoms with E-state index in [0.717, 1.165) is 11.3 Å². The number of para-hydroxylation sites is 1. The van der Waals surface area contributed by atoms with E-state index in [0.29, 0.717) is 50.0 Å². The molecule has 3 rings (SSSR count). The number of benzene rings is 1. The van der Waals surface area contributed by atoms with Gasteiger partial charge in [0.05, 0.1) is 20.3 Å². The Labute approximate surface area is 163 Å². The largest absolute Gasteiger partial charge is 0.496 e. The predicted octanol–water partition coefficient (Wildman–Crippen LogP) is 1.92. The lowest BCUT2D eigenvalue weighted by atomic mass is 10.1. The van der Waals surface area contributed by atoms with Gasteiger partial charge >= 0.3 is 0 Å². The molecular weight excluding hydrogens is 372 g/mol. The fraction of sp³-hybridized carbons (Fsp3) is 0.389. The highest BCUT2D eigenvalue weighted by molar-refractivity contribution is 7.82. The summed E-state index contributed by atoms with van der Waals surface area (Å²) in [6.07, 6.45) is 2.11. The van der Waals surface area contributed by atoms with Crippen molar-refractivity contribution in [2.24, 2.45) is 0 Å². The molecule has 1 aromatic carbocycles. The van der Waals surface area contributed by atoms with Crippen molar-refractivity contribution in [1.82, 2.24) is 9.80 Å². The van der Waals surface area contributed by atoms with Crippen LogP contribution in [0.1, 0.15) is 5.56 Å². The van der Waals surface area contributed by atoms with Gasteiger partial charge in [0.15, 0.2) is 10.7 Å². The topological polar surface area (TPSA) is 51.2 Å². The lowest BCUT2D eigenvalue weighted by molar-refractivity contribution is -0.130. The fourth-order valence-electron chi connectivity index (χ4n) is 2.82. The Hall–Kier alpha value is -2.03. The summed E-state index contributed by atoms with van der Waals surface area (Å²) < 4.78 is 16.2. The Bertz CT molecular complexity index is 744. The van der Waals surface area contributed by atoms with Crippen LogP contribution in [-0.4, -0.2) is 65.8 Å². The molecule has 0 aromatic heterocycles. The number of thiocarbonyl (C=S) groups is 2. The molecule has 2 saturated heterocycles. The van der Waals surface area contributed by atoms with E-state index in [-0.39, 0.29) is 11.1 Å². The first-order valence-corrected chi connectivity index (χ1v) is 9.15. The molecule has 2 fully saturated rings. The average molecular weight is 393 g/mol. The molecule has 0 unspecified atom stereocenters. The molecule has 0 aliphatic carbocycles. The smallest absolute Gasteiger partial charge is 0.270 e. The van der Waals surface area contributed by atoms with Gasteiger partial charge in [-0.25, -0.2) is 0 Å². The van der Waals surface area contributed by atoms with Gasteiger partial charge in [-0.05, 0) is 30.3 Å². The number of hydrogen-bond acceptors (Lipinski definition) is 6. The van der Waals surface area contributed by atoms with Crippen LogP contribution in [0.5, 0.6) is 5.75 Å². The van der Waals surface area contributed by atoms with Crippen molar-refractivity contribution in [2.45, 2.75) is 6.42 Å². The first-order chi connectivity index (χ1) is 12.6. The van der Waals surface area contributed by atoms with Gasteiger partial charge in [-0.15, -0.1) is 0 Å². The molecule has 1 aromatic rings. The molecule has 6 nitrogen and oxygen atoms in total. The molecule has 0 N–H and O–H groups in total. The summed E-state index contributed by atoms with van der Waals surface area (Å²) in [5.74, 6) is 1.02. The Morgan fingerprint density at radius 3 is 2.73 bits per heavy atom. The van der Waals surface area contributed by atoms with E-state index in [1.54, 1.807) is 16.9 Å². The Balaban J connectivity index is 1.65. The summed E-state index contributed by atoms with van der Waals surface area (Å²) in [4.78, 5) is 16.2. The zero-order valence-electron chi connectivity index (χ0n) is 14.5. The van der Waals surface area contributed by atoms with Crippen LogP contribution in [0.15, 0.2) is 36.1 Å². The number of amides is 1. The number of ether oxygens (including phenoxy) is 3. The highest BCUT2D eigenvalue weighted by atomic mass is 32.1. The maximum atomic E-state index is 12.4. The summed E-state index contributed by atoms with van der Waals surface area (Å²) in [5.41, 5.74) is 1.06. The molecule has 0 spiro atoms. The average Bonchev–Trinajstić information content (AvgIpc) is 2.94. The van der Waals surface area contributed by atoms with Crippen LogP contribution < -0.4 is 4.74 Å². The third-order valence-electron chi connectivity index (χ3n) is 4.25. The van der Waals surface area contributed by atoms with Crippen LogP contribution in [0.2, 0.25) is 0 Å². The number of hydrogen-bond donors (Lipinski definition) is 0. The normalized spacial score (nSPS) is 19.0. The first kappa shape index (κ1) is 18.8. The summed E-state index contributed by atoms with van der Waals surface area (Å²) in [5, 5.41) is 0.269. The summed E-state index contributed by atoms with van der Waals surface area (Å²) in [6, 6.07) is 7.80. The highest BCUT2D eigenvalue weighted by Crippen LogP contribution is 2.22. The molecule has 26 heavy (non-hydrogen) atoms. The molecule has 2 aliphatic heterocycles. The number of rotatable bonds is 5. The van der Waals surface area contributed by atoms with Gasteiger partial charge < -0.3 is 19.1 Å². The molecule has 2 aliphatic rings. The van der Waals surface area contributed by atoms with Gasteiger partial charge in [-0.2, -0.15) is 0 Å². The van der Waals surface area contributed by atoms with Gasteiger partial charge in [-0.1, -0.05) is 30.4 Å². The van der Waals surface area contributed by atoms with Crippen LogP contribution in [0, 0.1) is 0 Å². The lowest BCUT2D eigenvalue weighted by Gasteiger charge is -2.25. The van der Waals surface area contributed by atoms with Crippen LogP contribution in [0.4, 0.5) is 0 Å². The van der Waals surface area contributed by atoms with E-state index >= 15 is 0 Å². The van der Waals surface area contributed by atoms with Gasteiger partial charge in [0, 0.05) is 25.7 Å². The highest BCUT2D eigenvalue weighted by Gasteiger charge is 2.31. The molecule has 0 radical (unpaired) electrons. The number of carbonyl (C=O) groups is 1. The van der Waals surface area contributed by atoms with Crippen molar-refractivity contribution in [2.75, 3.05) is 40.0 Å². The summed E-state index contributed by atoms with van der Waals surface area (Å²) in [7, 11) is 1.64. The summed E-state index contributed by atoms with van der Waals surface area (Å²) in [6.45, 7) is 2.78. The lowest BCUT2D eigenvalue weighted by Crippen LogP contribution is -2.40. The molecular formula is C18H20N2O4S2. The minimum absolute atomic E-state index is 0.139. The molecule has 138 valence electrons. The van der Waals surface area contributed by atoms with Gasteiger partial charge in [0.1, 0.15) is 5.75 Å². The van der Waals surface area contributed by atoms with Crippen molar-refractivity contribution in [3.05, 3.63) is 41.7 Å². The van der Waals surface area contributed by atoms with Gasteiger partial charge in [-0.3, -0.25) is 9.69 Å². The van der Waals surface area contributed by atoms with E-state index in [1.807, 2.05) is 24.3 Å². The first-order valence-electron chi connectivity index (χ1n) is 8.34. The van der Waals surface area contributed by atoms with Crippen molar-refractivity contribution in [3.8, 4) is 5.75 Å². The van der Waals surface area contributed by atoms with E-state index in [9.17, 15) is 4.79 Å². The van der Waals surface area contributed by atoms with E-state index in [2.05, 4.69) is 0 Å². The predicted molar refractivity (Wildman–Crippen MR) is 105 cm³/mol. The molecule has 0 atom stereocenters. The summed E-state index contributed by atoms with van der Waals surface area (Å²) >= 11 is 10.7. The van der Waals surface area contributed by atoms with Crippen molar-refractivity contribution >= 4 is 40.5 Å². The molecule has 2 heterocycles. The standard InChI is InChI=1S/C18H20N2O4S2/c1-22-14-5-3-2-4-13(14)6-7-20-17(25)15(24-18(20)26)12-16(21)19-8-10-23-11-9-19/h2-5,12H,6-11H2,1H3. The molecule has 0 saturated carbocycles. The fourth-order valence-corrected chi connectivity index (χ4v) is 3.43. The molecule has 1 amide bonds. The van der Waals surface area contributed by atoms with E-state index in [1.165, 1.54) is 6.08 Å². The van der Waals surface area contributed by atoms with Gasteiger partial charge in [0.25, 0.3) is 11.1 Å². The minimum atomic E-state index is -0.139. The maximum absolute atomic E-state index is 12.4. The van der Waals surface area contributed by atoms with Crippen LogP contribution in [0.25, 0.3) is 0 Å². The third kappa shape index (κ3) is 4.20. The second-order valence-electron chi connectivity index (χ2n) is 5.83. The quantitative estimate of drug-likeness (QED) is 0.561.